The first-order valence-corrected chi connectivity index (χ1v) is 18.3. The summed E-state index contributed by atoms with van der Waals surface area (Å²) in [5, 5.41) is 25.2. The van der Waals surface area contributed by atoms with Crippen LogP contribution >= 0.6 is 0 Å². The van der Waals surface area contributed by atoms with E-state index in [0.29, 0.717) is 53.6 Å². The van der Waals surface area contributed by atoms with E-state index in [1.165, 1.54) is 50.7 Å². The number of nitrogens with one attached hydrogen (secondary N) is 2. The molecule has 4 N–H and O–H groups in total. The van der Waals surface area contributed by atoms with Gasteiger partial charge in [0, 0.05) is 24.9 Å². The fourth-order valence-electron chi connectivity index (χ4n) is 12.0. The van der Waals surface area contributed by atoms with Crippen molar-refractivity contribution in [1.82, 2.24) is 10.6 Å². The van der Waals surface area contributed by atoms with Crippen LogP contribution in [0, 0.1) is 52.3 Å². The Bertz CT molecular complexity index is 1330. The Kier molecular flexibility index (Phi) is 8.39. The lowest BCUT2D eigenvalue weighted by Gasteiger charge is -2.61. The molecule has 7 rings (SSSR count). The van der Waals surface area contributed by atoms with Crippen molar-refractivity contribution in [3.05, 3.63) is 23.8 Å². The van der Waals surface area contributed by atoms with Gasteiger partial charge in [0.1, 0.15) is 6.42 Å². The SMILES string of the molecule is C[C@@H]1CC[C@@]2(OC1)O[C@H]1C[C@H]3[C@@H]4CC[C@H]5C[C@H](NC(=O)CC(=O)NCCc6ccc(O)c(O)c6)CC[C@]5(C)[C@H]4CC[C@]3(C)[C@H]1[C@@H]2C. The van der Waals surface area contributed by atoms with Gasteiger partial charge in [-0.15, -0.1) is 0 Å². The van der Waals surface area contributed by atoms with Crippen LogP contribution in [0.25, 0.3) is 0 Å². The first-order valence-electron chi connectivity index (χ1n) is 18.3. The van der Waals surface area contributed by atoms with Gasteiger partial charge in [-0.3, -0.25) is 9.59 Å². The molecule has 2 amide bonds. The Labute approximate surface area is 274 Å². The smallest absolute Gasteiger partial charge is 0.229 e. The van der Waals surface area contributed by atoms with Gasteiger partial charge in [-0.25, -0.2) is 0 Å². The highest BCUT2D eigenvalue weighted by atomic mass is 16.7. The Balaban J connectivity index is 0.914. The number of ether oxygens (including phenoxy) is 2. The summed E-state index contributed by atoms with van der Waals surface area (Å²) in [5.74, 6) is 3.37. The summed E-state index contributed by atoms with van der Waals surface area (Å²) >= 11 is 0. The second-order valence-corrected chi connectivity index (χ2v) is 16.8. The first kappa shape index (κ1) is 32.2. The van der Waals surface area contributed by atoms with E-state index in [1.807, 2.05) is 0 Å². The summed E-state index contributed by atoms with van der Waals surface area (Å²) in [4.78, 5) is 25.3. The van der Waals surface area contributed by atoms with Gasteiger partial charge in [0.15, 0.2) is 17.3 Å². The average molecular weight is 637 g/mol. The molecular weight excluding hydrogens is 580 g/mol. The summed E-state index contributed by atoms with van der Waals surface area (Å²) in [6, 6.07) is 4.76. The molecule has 4 saturated carbocycles. The van der Waals surface area contributed by atoms with Crippen LogP contribution in [0.4, 0.5) is 0 Å². The predicted molar refractivity (Wildman–Crippen MR) is 175 cm³/mol. The number of carbonyl (C=O) groups is 2. The van der Waals surface area contributed by atoms with Gasteiger partial charge in [-0.2, -0.15) is 0 Å². The number of carbonyl (C=O) groups excluding carboxylic acids is 2. The maximum atomic E-state index is 12.9. The zero-order chi connectivity index (χ0) is 32.4. The highest BCUT2D eigenvalue weighted by Crippen LogP contribution is 2.71. The maximum absolute atomic E-state index is 12.9. The highest BCUT2D eigenvalue weighted by molar-refractivity contribution is 5.96. The zero-order valence-electron chi connectivity index (χ0n) is 28.4. The molecule has 1 spiro atoms. The van der Waals surface area contributed by atoms with Crippen LogP contribution in [0.5, 0.6) is 11.5 Å². The van der Waals surface area contributed by atoms with E-state index in [9.17, 15) is 19.8 Å². The molecule has 12 atom stereocenters. The van der Waals surface area contributed by atoms with Crippen LogP contribution in [-0.2, 0) is 25.5 Å². The molecule has 6 fully saturated rings. The minimum atomic E-state index is -0.349. The van der Waals surface area contributed by atoms with E-state index in [-0.39, 0.29) is 41.6 Å². The van der Waals surface area contributed by atoms with Crippen LogP contribution < -0.4 is 10.6 Å². The van der Waals surface area contributed by atoms with Crippen LogP contribution in [0.2, 0.25) is 0 Å². The summed E-state index contributed by atoms with van der Waals surface area (Å²) in [5.41, 5.74) is 1.46. The largest absolute Gasteiger partial charge is 0.504 e. The van der Waals surface area contributed by atoms with Crippen LogP contribution in [0.1, 0.15) is 104 Å². The van der Waals surface area contributed by atoms with Crippen molar-refractivity contribution in [2.45, 2.75) is 123 Å². The molecule has 4 aliphatic carbocycles. The minimum Gasteiger partial charge on any atom is -0.504 e. The van der Waals surface area contributed by atoms with E-state index in [4.69, 9.17) is 9.47 Å². The third-order valence-electron chi connectivity index (χ3n) is 14.4. The quantitative estimate of drug-likeness (QED) is 0.222. The number of hydrogen-bond acceptors (Lipinski definition) is 6. The van der Waals surface area contributed by atoms with Crippen molar-refractivity contribution in [3.8, 4) is 11.5 Å². The second-order valence-electron chi connectivity index (χ2n) is 16.8. The topological polar surface area (TPSA) is 117 Å². The average Bonchev–Trinajstić information content (AvgIpc) is 3.46. The van der Waals surface area contributed by atoms with Crippen LogP contribution in [-0.4, -0.2) is 53.1 Å². The normalized spacial score (nSPS) is 44.5. The van der Waals surface area contributed by atoms with Gasteiger partial charge < -0.3 is 30.3 Å². The molecule has 6 aliphatic rings. The van der Waals surface area contributed by atoms with Gasteiger partial charge in [-0.05, 0) is 128 Å². The Morgan fingerprint density at radius 2 is 1.72 bits per heavy atom. The third-order valence-corrected chi connectivity index (χ3v) is 14.4. The monoisotopic (exact) mass is 636 g/mol. The van der Waals surface area contributed by atoms with E-state index in [2.05, 4.69) is 38.3 Å². The van der Waals surface area contributed by atoms with Crippen molar-refractivity contribution in [3.63, 3.8) is 0 Å². The summed E-state index contributed by atoms with van der Waals surface area (Å²) in [6.45, 7) is 11.1. The maximum Gasteiger partial charge on any atom is 0.229 e. The number of rotatable bonds is 6. The highest BCUT2D eigenvalue weighted by Gasteiger charge is 2.69. The molecule has 1 aromatic carbocycles. The van der Waals surface area contributed by atoms with Gasteiger partial charge in [0.25, 0.3) is 0 Å². The fourth-order valence-corrected chi connectivity index (χ4v) is 12.0. The second kappa shape index (κ2) is 12.0. The fraction of sp³-hybridized carbons (Fsp3) is 0.789. The van der Waals surface area contributed by atoms with Crippen molar-refractivity contribution in [1.29, 1.82) is 0 Å². The number of phenolic OH excluding ortho intramolecular Hbond substituents is 2. The van der Waals surface area contributed by atoms with Crippen molar-refractivity contribution >= 4 is 11.8 Å². The zero-order valence-corrected chi connectivity index (χ0v) is 28.4. The molecule has 8 heteroatoms. The Morgan fingerprint density at radius 3 is 2.48 bits per heavy atom. The molecular formula is C38H56N2O6. The number of amides is 2. The molecule has 2 saturated heterocycles. The molecule has 8 nitrogen and oxygen atoms in total. The molecule has 254 valence electrons. The van der Waals surface area contributed by atoms with Crippen molar-refractivity contribution < 1.29 is 29.3 Å². The summed E-state index contributed by atoms with van der Waals surface area (Å²) in [7, 11) is 0. The minimum absolute atomic E-state index is 0.137. The molecule has 1 aromatic rings. The van der Waals surface area contributed by atoms with Gasteiger partial charge in [-0.1, -0.05) is 33.8 Å². The standard InChI is InChI=1S/C38H56N2O6/c1-22-9-15-38(45-21-22)23(2)35-32(46-38)19-29-27-7-6-25-18-26(10-13-36(25,3)28(27)11-14-37(29,35)4)40-34(44)20-33(43)39-16-12-24-5-8-30(41)31(42)17-24/h5,8,17,22-23,25-29,32,35,41-42H,6-7,9-16,18-21H2,1-4H3,(H,39,43)(H,40,44)/t22-,23+,25+,26-,27-,28+,29+,32+,35+,36+,37+,38-/m1/s1. The summed E-state index contributed by atoms with van der Waals surface area (Å²) < 4.78 is 13.5. The van der Waals surface area contributed by atoms with E-state index in [0.717, 1.165) is 55.6 Å². The van der Waals surface area contributed by atoms with E-state index >= 15 is 0 Å². The van der Waals surface area contributed by atoms with Crippen LogP contribution in [0.15, 0.2) is 18.2 Å². The molecule has 0 radical (unpaired) electrons. The molecule has 0 unspecified atom stereocenters. The lowest BCUT2D eigenvalue weighted by molar-refractivity contribution is -0.273. The predicted octanol–water partition coefficient (Wildman–Crippen LogP) is 6.08. The Hall–Kier alpha value is -2.32. The van der Waals surface area contributed by atoms with Gasteiger partial charge >= 0.3 is 0 Å². The summed E-state index contributed by atoms with van der Waals surface area (Å²) in [6.07, 6.45) is 12.4. The molecule has 46 heavy (non-hydrogen) atoms. The molecule has 2 aliphatic heterocycles. The lowest BCUT2D eigenvalue weighted by Crippen LogP contribution is -2.56. The Morgan fingerprint density at radius 1 is 0.913 bits per heavy atom. The molecule has 2 heterocycles. The van der Waals surface area contributed by atoms with Crippen molar-refractivity contribution in [2.24, 2.45) is 52.3 Å². The van der Waals surface area contributed by atoms with E-state index in [1.54, 1.807) is 6.07 Å². The van der Waals surface area contributed by atoms with Gasteiger partial charge in [0.2, 0.25) is 11.8 Å². The van der Waals surface area contributed by atoms with Crippen LogP contribution in [0.3, 0.4) is 0 Å². The molecule has 0 aromatic heterocycles. The number of aromatic hydroxyl groups is 2. The first-order chi connectivity index (χ1) is 21.9. The number of hydrogen-bond donors (Lipinski definition) is 4. The van der Waals surface area contributed by atoms with E-state index < -0.39 is 0 Å². The van der Waals surface area contributed by atoms with Gasteiger partial charge in [0.05, 0.1) is 12.7 Å². The number of benzene rings is 1. The number of phenols is 2. The third kappa shape index (κ3) is 5.43. The number of fused-ring (bicyclic) bond motifs is 7. The van der Waals surface area contributed by atoms with Crippen molar-refractivity contribution in [2.75, 3.05) is 13.2 Å². The molecule has 0 bridgehead atoms. The lowest BCUT2D eigenvalue weighted by atomic mass is 9.44.